The van der Waals surface area contributed by atoms with Gasteiger partial charge in [0.1, 0.15) is 5.78 Å². The molecule has 0 aliphatic heterocycles. The fraction of sp³-hybridized carbons (Fsp3) is 0.286. The third-order valence-electron chi connectivity index (χ3n) is 5.12. The lowest BCUT2D eigenvalue weighted by Crippen LogP contribution is -2.18. The zero-order chi connectivity index (χ0) is 20.4. The van der Waals surface area contributed by atoms with Crippen molar-refractivity contribution in [2.75, 3.05) is 5.32 Å². The molecule has 1 aliphatic rings. The van der Waals surface area contributed by atoms with Crippen molar-refractivity contribution in [2.45, 2.75) is 38.6 Å². The van der Waals surface area contributed by atoms with Gasteiger partial charge in [0, 0.05) is 30.8 Å². The Morgan fingerprint density at radius 3 is 2.59 bits per heavy atom. The van der Waals surface area contributed by atoms with E-state index in [2.05, 4.69) is 20.4 Å². The molecule has 8 heteroatoms. The van der Waals surface area contributed by atoms with E-state index in [1.54, 1.807) is 36.7 Å². The molecule has 0 unspecified atom stereocenters. The van der Waals surface area contributed by atoms with Gasteiger partial charge in [0.25, 0.3) is 0 Å². The Hall–Kier alpha value is -3.55. The number of aryl methyl sites for hydroxylation is 1. The number of rotatable bonds is 5. The molecule has 1 saturated carbocycles. The fourth-order valence-corrected chi connectivity index (χ4v) is 3.49. The number of nitrogens with one attached hydrogen (secondary N) is 1. The first kappa shape index (κ1) is 18.8. The fourth-order valence-electron chi connectivity index (χ4n) is 3.49. The van der Waals surface area contributed by atoms with Gasteiger partial charge in [-0.2, -0.15) is 5.10 Å². The van der Waals surface area contributed by atoms with Gasteiger partial charge in [-0.3, -0.25) is 9.48 Å². The highest BCUT2D eigenvalue weighted by molar-refractivity contribution is 5.88. The molecule has 4 rings (SSSR count). The molecule has 1 aliphatic carbocycles. The third kappa shape index (κ3) is 4.16. The van der Waals surface area contributed by atoms with E-state index in [1.165, 1.54) is 0 Å². The Labute approximate surface area is 167 Å². The minimum Gasteiger partial charge on any atom is -0.478 e. The van der Waals surface area contributed by atoms with Crippen molar-refractivity contribution in [3.8, 4) is 11.3 Å². The number of carboxylic acids is 1. The highest BCUT2D eigenvalue weighted by atomic mass is 16.4. The van der Waals surface area contributed by atoms with Gasteiger partial charge in [0.05, 0.1) is 29.2 Å². The summed E-state index contributed by atoms with van der Waals surface area (Å²) in [5.74, 6) is -0.201. The lowest BCUT2D eigenvalue weighted by atomic mass is 9.95. The van der Waals surface area contributed by atoms with Gasteiger partial charge >= 0.3 is 5.97 Å². The predicted molar refractivity (Wildman–Crippen MR) is 107 cm³/mol. The van der Waals surface area contributed by atoms with Crippen molar-refractivity contribution in [1.29, 1.82) is 0 Å². The summed E-state index contributed by atoms with van der Waals surface area (Å²) in [4.78, 5) is 31.4. The predicted octanol–water partition coefficient (Wildman–Crippen LogP) is 3.77. The topological polar surface area (TPSA) is 110 Å². The van der Waals surface area contributed by atoms with Crippen LogP contribution in [0.5, 0.6) is 0 Å². The van der Waals surface area contributed by atoms with E-state index in [4.69, 9.17) is 5.11 Å². The summed E-state index contributed by atoms with van der Waals surface area (Å²) in [6.07, 6.45) is 8.21. The van der Waals surface area contributed by atoms with Crippen LogP contribution in [-0.2, 0) is 4.79 Å². The molecule has 0 atom stereocenters. The normalized spacial score (nSPS) is 14.7. The van der Waals surface area contributed by atoms with Crippen molar-refractivity contribution < 1.29 is 14.7 Å². The Bertz CT molecular complexity index is 1050. The van der Waals surface area contributed by atoms with Crippen molar-refractivity contribution in [2.24, 2.45) is 0 Å². The molecule has 0 amide bonds. The lowest BCUT2D eigenvalue weighted by Gasteiger charge is -2.21. The molecular weight excluding hydrogens is 370 g/mol. The smallest absolute Gasteiger partial charge is 0.335 e. The quantitative estimate of drug-likeness (QED) is 0.681. The minimum atomic E-state index is -0.961. The summed E-state index contributed by atoms with van der Waals surface area (Å²) in [6, 6.07) is 6.84. The van der Waals surface area contributed by atoms with Crippen LogP contribution < -0.4 is 5.32 Å². The summed E-state index contributed by atoms with van der Waals surface area (Å²) >= 11 is 0. The number of anilines is 2. The molecule has 2 heterocycles. The van der Waals surface area contributed by atoms with Crippen LogP contribution in [0.3, 0.4) is 0 Å². The van der Waals surface area contributed by atoms with E-state index in [1.807, 2.05) is 17.8 Å². The van der Waals surface area contributed by atoms with Crippen molar-refractivity contribution in [3.05, 3.63) is 54.0 Å². The summed E-state index contributed by atoms with van der Waals surface area (Å²) in [7, 11) is 0. The van der Waals surface area contributed by atoms with Gasteiger partial charge in [0.15, 0.2) is 0 Å². The van der Waals surface area contributed by atoms with Crippen LogP contribution in [0.1, 0.15) is 47.6 Å². The molecule has 29 heavy (non-hydrogen) atoms. The molecule has 2 aromatic heterocycles. The summed E-state index contributed by atoms with van der Waals surface area (Å²) < 4.78 is 1.90. The number of benzene rings is 1. The second-order valence-corrected chi connectivity index (χ2v) is 7.21. The average Bonchev–Trinajstić information content (AvgIpc) is 3.18. The van der Waals surface area contributed by atoms with Crippen LogP contribution in [-0.4, -0.2) is 36.6 Å². The second-order valence-electron chi connectivity index (χ2n) is 7.21. The van der Waals surface area contributed by atoms with Gasteiger partial charge in [-0.1, -0.05) is 12.1 Å². The molecule has 1 fully saturated rings. The number of hydrogen-bond acceptors (Lipinski definition) is 6. The number of carboxylic acid groups (broad SMARTS) is 1. The number of carbonyl (C=O) groups is 2. The Morgan fingerprint density at radius 2 is 1.90 bits per heavy atom. The van der Waals surface area contributed by atoms with Crippen LogP contribution in [0, 0.1) is 6.92 Å². The first-order valence-electron chi connectivity index (χ1n) is 9.50. The zero-order valence-electron chi connectivity index (χ0n) is 16.0. The van der Waals surface area contributed by atoms with E-state index >= 15 is 0 Å². The number of aromatic carboxylic acids is 1. The molecule has 1 aromatic carbocycles. The number of carbonyl (C=O) groups excluding carboxylic acids is 1. The van der Waals surface area contributed by atoms with Gasteiger partial charge in [0.2, 0.25) is 5.95 Å². The van der Waals surface area contributed by atoms with Crippen LogP contribution in [0.15, 0.2) is 42.9 Å². The largest absolute Gasteiger partial charge is 0.478 e. The van der Waals surface area contributed by atoms with Crippen molar-refractivity contribution in [3.63, 3.8) is 0 Å². The van der Waals surface area contributed by atoms with E-state index in [0.29, 0.717) is 24.6 Å². The average molecular weight is 391 g/mol. The highest BCUT2D eigenvalue weighted by Gasteiger charge is 2.21. The van der Waals surface area contributed by atoms with E-state index in [9.17, 15) is 9.59 Å². The monoisotopic (exact) mass is 391 g/mol. The summed E-state index contributed by atoms with van der Waals surface area (Å²) in [6.45, 7) is 1.91. The molecule has 0 bridgehead atoms. The first-order valence-corrected chi connectivity index (χ1v) is 9.50. The van der Waals surface area contributed by atoms with E-state index in [-0.39, 0.29) is 11.6 Å². The molecule has 2 N–H and O–H groups in total. The maximum atomic E-state index is 11.4. The molecule has 3 aromatic rings. The van der Waals surface area contributed by atoms with Crippen LogP contribution in [0.25, 0.3) is 11.3 Å². The standard InChI is InChI=1S/C21H21N5O3/c1-13-10-22-21(25-19(13)14-2-4-15(5-3-14)20(28)29)24-16-11-23-26(12-16)17-6-8-18(27)9-7-17/h2-5,10-12,17H,6-9H2,1H3,(H,28,29)(H,22,24,25). The molecule has 8 nitrogen and oxygen atoms in total. The SMILES string of the molecule is Cc1cnc(Nc2cnn(C3CCC(=O)CC3)c2)nc1-c1ccc(C(=O)O)cc1. The lowest BCUT2D eigenvalue weighted by molar-refractivity contribution is -0.120. The Balaban J connectivity index is 1.52. The van der Waals surface area contributed by atoms with Gasteiger partial charge in [-0.15, -0.1) is 0 Å². The Kier molecular flexibility index (Phi) is 5.07. The second kappa shape index (κ2) is 7.83. The van der Waals surface area contributed by atoms with Crippen molar-refractivity contribution in [1.82, 2.24) is 19.7 Å². The van der Waals surface area contributed by atoms with Crippen LogP contribution >= 0.6 is 0 Å². The van der Waals surface area contributed by atoms with Crippen LogP contribution in [0.2, 0.25) is 0 Å². The molecular formula is C21H21N5O3. The maximum Gasteiger partial charge on any atom is 0.335 e. The molecule has 0 saturated heterocycles. The number of Topliss-reactive ketones (excluding diaryl/α,β-unsaturated/α-hetero) is 1. The summed E-state index contributed by atoms with van der Waals surface area (Å²) in [5.41, 5.74) is 3.45. The van der Waals surface area contributed by atoms with Gasteiger partial charge in [-0.05, 0) is 37.5 Å². The van der Waals surface area contributed by atoms with E-state index < -0.39 is 5.97 Å². The van der Waals surface area contributed by atoms with Crippen molar-refractivity contribution >= 4 is 23.4 Å². The van der Waals surface area contributed by atoms with Gasteiger partial charge in [-0.25, -0.2) is 14.8 Å². The zero-order valence-corrected chi connectivity index (χ0v) is 16.0. The Morgan fingerprint density at radius 1 is 1.17 bits per heavy atom. The highest BCUT2D eigenvalue weighted by Crippen LogP contribution is 2.27. The number of aromatic nitrogens is 4. The first-order chi connectivity index (χ1) is 14.0. The summed E-state index contributed by atoms with van der Waals surface area (Å²) in [5, 5.41) is 16.6. The number of ketones is 1. The maximum absolute atomic E-state index is 11.4. The van der Waals surface area contributed by atoms with E-state index in [0.717, 1.165) is 35.3 Å². The molecule has 0 spiro atoms. The third-order valence-corrected chi connectivity index (χ3v) is 5.12. The van der Waals surface area contributed by atoms with Gasteiger partial charge < -0.3 is 10.4 Å². The molecule has 0 radical (unpaired) electrons. The number of hydrogen-bond donors (Lipinski definition) is 2. The van der Waals surface area contributed by atoms with Crippen LogP contribution in [0.4, 0.5) is 11.6 Å². The number of nitrogens with zero attached hydrogens (tertiary/aromatic N) is 4. The minimum absolute atomic E-state index is 0.232. The molecule has 148 valence electrons.